The quantitative estimate of drug-likeness (QED) is 0.820. The van der Waals surface area contributed by atoms with Gasteiger partial charge in [0.15, 0.2) is 0 Å². The Labute approximate surface area is 90.9 Å². The molecule has 2 aromatic rings. The first kappa shape index (κ1) is 10.5. The molecule has 0 saturated carbocycles. The van der Waals surface area contributed by atoms with Crippen LogP contribution in [0, 0.1) is 5.82 Å². The third kappa shape index (κ3) is 1.62. The normalized spacial score (nSPS) is 11.7. The van der Waals surface area contributed by atoms with Gasteiger partial charge in [-0.1, -0.05) is 12.1 Å². The third-order valence-electron chi connectivity index (χ3n) is 2.55. The Balaban J connectivity index is 2.50. The molecule has 0 amide bonds. The average molecular weight is 222 g/mol. The summed E-state index contributed by atoms with van der Waals surface area (Å²) in [5.41, 5.74) is -0.281. The predicted octanol–water partition coefficient (Wildman–Crippen LogP) is 0.889. The highest BCUT2D eigenvalue weighted by atomic mass is 19.1. The Hall–Kier alpha value is -1.98. The summed E-state index contributed by atoms with van der Waals surface area (Å²) in [6.45, 7) is 3.62. The second-order valence-corrected chi connectivity index (χ2v) is 3.98. The lowest BCUT2D eigenvalue weighted by Gasteiger charge is -2.23. The molecular weight excluding hydrogens is 211 g/mol. The van der Waals surface area contributed by atoms with Crippen LogP contribution in [-0.4, -0.2) is 20.2 Å². The second kappa shape index (κ2) is 3.55. The minimum Gasteiger partial charge on any atom is -0.244 e. The Morgan fingerprint density at radius 3 is 2.44 bits per heavy atom. The van der Waals surface area contributed by atoms with Crippen LogP contribution in [0.3, 0.4) is 0 Å². The molecule has 0 unspecified atom stereocenters. The maximum absolute atomic E-state index is 12.8. The highest BCUT2D eigenvalue weighted by Gasteiger charge is 2.26. The number of aromatic amines is 1. The van der Waals surface area contributed by atoms with E-state index in [-0.39, 0.29) is 5.82 Å². The fourth-order valence-electron chi connectivity index (χ4n) is 1.54. The molecule has 0 aliphatic rings. The van der Waals surface area contributed by atoms with Gasteiger partial charge in [0.2, 0.25) is 0 Å². The van der Waals surface area contributed by atoms with Crippen molar-refractivity contribution < 1.29 is 4.39 Å². The van der Waals surface area contributed by atoms with E-state index < -0.39 is 11.2 Å². The van der Waals surface area contributed by atoms with Crippen molar-refractivity contribution in [3.05, 3.63) is 46.1 Å². The number of rotatable bonds is 2. The van der Waals surface area contributed by atoms with E-state index in [2.05, 4.69) is 15.5 Å². The van der Waals surface area contributed by atoms with Crippen molar-refractivity contribution in [2.75, 3.05) is 0 Å². The molecule has 0 spiro atoms. The fourth-order valence-corrected chi connectivity index (χ4v) is 1.54. The molecule has 1 aromatic carbocycles. The number of benzene rings is 1. The summed E-state index contributed by atoms with van der Waals surface area (Å²) in [6, 6.07) is 5.94. The number of nitrogens with zero attached hydrogens (tertiary/aromatic N) is 3. The highest BCUT2D eigenvalue weighted by Crippen LogP contribution is 2.22. The van der Waals surface area contributed by atoms with Crippen molar-refractivity contribution in [3.63, 3.8) is 0 Å². The fraction of sp³-hybridized carbons (Fsp3) is 0.300. The summed E-state index contributed by atoms with van der Waals surface area (Å²) in [6.07, 6.45) is 0. The maximum atomic E-state index is 12.8. The first-order valence-corrected chi connectivity index (χ1v) is 4.79. The van der Waals surface area contributed by atoms with Crippen LogP contribution in [0.25, 0.3) is 0 Å². The number of nitrogens with one attached hydrogen (secondary N) is 1. The average Bonchev–Trinajstić information content (AvgIpc) is 2.66. The summed E-state index contributed by atoms with van der Waals surface area (Å²) in [5.74, 6) is -0.313. The van der Waals surface area contributed by atoms with Gasteiger partial charge in [0, 0.05) is 0 Å². The summed E-state index contributed by atoms with van der Waals surface area (Å²) < 4.78 is 14.0. The molecule has 1 heterocycles. The lowest BCUT2D eigenvalue weighted by molar-refractivity contribution is 0.369. The number of hydrogen-bond donors (Lipinski definition) is 1. The van der Waals surface area contributed by atoms with Gasteiger partial charge in [-0.05, 0) is 42.0 Å². The molecule has 1 N–H and O–H groups in total. The molecule has 0 fully saturated rings. The molecule has 0 saturated heterocycles. The largest absolute Gasteiger partial charge is 0.361 e. The number of aromatic nitrogens is 4. The number of tetrazole rings is 1. The van der Waals surface area contributed by atoms with Crippen LogP contribution < -0.4 is 5.69 Å². The zero-order valence-electron chi connectivity index (χ0n) is 8.94. The zero-order chi connectivity index (χ0) is 11.8. The highest BCUT2D eigenvalue weighted by molar-refractivity contribution is 5.23. The van der Waals surface area contributed by atoms with E-state index in [1.165, 1.54) is 16.8 Å². The lowest BCUT2D eigenvalue weighted by atomic mass is 9.95. The van der Waals surface area contributed by atoms with Crippen molar-refractivity contribution in [3.8, 4) is 0 Å². The standard InChI is InChI=1S/C10H11FN4O/c1-10(2,15-9(16)12-13-14-15)7-3-5-8(11)6-4-7/h3-6H,1-2H3,(H,12,14,16). The molecule has 1 aromatic heterocycles. The van der Waals surface area contributed by atoms with Crippen LogP contribution in [0.2, 0.25) is 0 Å². The van der Waals surface area contributed by atoms with Gasteiger partial charge in [-0.3, -0.25) is 0 Å². The van der Waals surface area contributed by atoms with Gasteiger partial charge in [0.25, 0.3) is 0 Å². The molecule has 5 nitrogen and oxygen atoms in total. The molecular formula is C10H11FN4O. The molecule has 0 radical (unpaired) electrons. The third-order valence-corrected chi connectivity index (χ3v) is 2.55. The lowest BCUT2D eigenvalue weighted by Crippen LogP contribution is -2.36. The maximum Gasteiger partial charge on any atom is 0.361 e. The van der Waals surface area contributed by atoms with Gasteiger partial charge < -0.3 is 0 Å². The Morgan fingerprint density at radius 2 is 1.94 bits per heavy atom. The zero-order valence-corrected chi connectivity index (χ0v) is 8.94. The summed E-state index contributed by atoms with van der Waals surface area (Å²) >= 11 is 0. The topological polar surface area (TPSA) is 63.6 Å². The second-order valence-electron chi connectivity index (χ2n) is 3.98. The minimum absolute atomic E-state index is 0.313. The van der Waals surface area contributed by atoms with E-state index in [4.69, 9.17) is 0 Å². The Kier molecular flexibility index (Phi) is 2.34. The molecule has 0 aliphatic carbocycles. The molecule has 0 bridgehead atoms. The number of halogens is 1. The smallest absolute Gasteiger partial charge is 0.244 e. The predicted molar refractivity (Wildman–Crippen MR) is 55.5 cm³/mol. The minimum atomic E-state index is -0.669. The van der Waals surface area contributed by atoms with Crippen LogP contribution in [0.5, 0.6) is 0 Å². The van der Waals surface area contributed by atoms with Crippen LogP contribution in [0.1, 0.15) is 19.4 Å². The van der Waals surface area contributed by atoms with Crippen molar-refractivity contribution in [2.45, 2.75) is 19.4 Å². The van der Waals surface area contributed by atoms with Crippen molar-refractivity contribution in [1.29, 1.82) is 0 Å². The van der Waals surface area contributed by atoms with Crippen LogP contribution in [0.15, 0.2) is 29.1 Å². The van der Waals surface area contributed by atoms with E-state index in [0.29, 0.717) is 0 Å². The van der Waals surface area contributed by atoms with Gasteiger partial charge in [0.1, 0.15) is 5.82 Å². The summed E-state index contributed by atoms with van der Waals surface area (Å²) in [4.78, 5) is 11.4. The molecule has 0 atom stereocenters. The van der Waals surface area contributed by atoms with Crippen molar-refractivity contribution in [1.82, 2.24) is 20.2 Å². The van der Waals surface area contributed by atoms with E-state index in [1.54, 1.807) is 12.1 Å². The SMILES string of the molecule is CC(C)(c1ccc(F)cc1)n1nn[nH]c1=O. The van der Waals surface area contributed by atoms with Gasteiger partial charge in [-0.15, -0.1) is 0 Å². The van der Waals surface area contributed by atoms with Crippen LogP contribution in [-0.2, 0) is 5.54 Å². The molecule has 2 rings (SSSR count). The van der Waals surface area contributed by atoms with E-state index in [9.17, 15) is 9.18 Å². The Morgan fingerprint density at radius 1 is 1.31 bits per heavy atom. The number of hydrogen-bond acceptors (Lipinski definition) is 3. The molecule has 6 heteroatoms. The van der Waals surface area contributed by atoms with Gasteiger partial charge in [-0.2, -0.15) is 4.68 Å². The van der Waals surface area contributed by atoms with Gasteiger partial charge >= 0.3 is 5.69 Å². The summed E-state index contributed by atoms with van der Waals surface area (Å²) in [5, 5.41) is 9.35. The summed E-state index contributed by atoms with van der Waals surface area (Å²) in [7, 11) is 0. The van der Waals surface area contributed by atoms with E-state index in [1.807, 2.05) is 13.8 Å². The molecule has 16 heavy (non-hydrogen) atoms. The van der Waals surface area contributed by atoms with E-state index >= 15 is 0 Å². The Bertz CT molecular complexity index is 540. The van der Waals surface area contributed by atoms with Crippen LogP contribution in [0.4, 0.5) is 4.39 Å². The van der Waals surface area contributed by atoms with Gasteiger partial charge in [-0.25, -0.2) is 14.3 Å². The van der Waals surface area contributed by atoms with Crippen molar-refractivity contribution in [2.24, 2.45) is 0 Å². The molecule has 84 valence electrons. The van der Waals surface area contributed by atoms with Crippen LogP contribution >= 0.6 is 0 Å². The monoisotopic (exact) mass is 222 g/mol. The first-order chi connectivity index (χ1) is 7.51. The van der Waals surface area contributed by atoms with Gasteiger partial charge in [0.05, 0.1) is 5.54 Å². The van der Waals surface area contributed by atoms with Crippen molar-refractivity contribution >= 4 is 0 Å². The molecule has 0 aliphatic heterocycles. The van der Waals surface area contributed by atoms with E-state index in [0.717, 1.165) is 5.56 Å². The first-order valence-electron chi connectivity index (χ1n) is 4.79. The number of H-pyrrole nitrogens is 1.